The number of amides is 1. The molecule has 0 aliphatic carbocycles. The van der Waals surface area contributed by atoms with Gasteiger partial charge in [-0.25, -0.2) is 0 Å². The second-order valence-corrected chi connectivity index (χ2v) is 6.63. The average molecular weight is 311 g/mol. The largest absolute Gasteiger partial charge is 0.338 e. The van der Waals surface area contributed by atoms with Crippen LogP contribution in [-0.2, 0) is 0 Å². The number of pyridine rings is 1. The van der Waals surface area contributed by atoms with Gasteiger partial charge < -0.3 is 10.2 Å². The molecule has 1 aromatic heterocycles. The van der Waals surface area contributed by atoms with Gasteiger partial charge in [0, 0.05) is 18.5 Å². The zero-order chi connectivity index (χ0) is 16.4. The first kappa shape index (κ1) is 15.9. The van der Waals surface area contributed by atoms with E-state index in [1.54, 1.807) is 0 Å². The van der Waals surface area contributed by atoms with Crippen LogP contribution in [0.15, 0.2) is 24.3 Å². The summed E-state index contributed by atoms with van der Waals surface area (Å²) in [5, 5.41) is 4.26. The van der Waals surface area contributed by atoms with Gasteiger partial charge in [0.25, 0.3) is 5.91 Å². The number of carbonyl (C=O) groups is 1. The molecule has 0 saturated carbocycles. The van der Waals surface area contributed by atoms with E-state index in [1.807, 2.05) is 31.0 Å². The van der Waals surface area contributed by atoms with Crippen LogP contribution in [0.5, 0.6) is 0 Å². The van der Waals surface area contributed by atoms with Crippen molar-refractivity contribution >= 4 is 16.8 Å². The first-order valence-corrected chi connectivity index (χ1v) is 8.40. The summed E-state index contributed by atoms with van der Waals surface area (Å²) in [5.41, 5.74) is 3.72. The third kappa shape index (κ3) is 3.37. The maximum absolute atomic E-state index is 12.9. The third-order valence-electron chi connectivity index (χ3n) is 4.69. The Morgan fingerprint density at radius 1 is 1.35 bits per heavy atom. The van der Waals surface area contributed by atoms with Crippen molar-refractivity contribution in [2.75, 3.05) is 26.7 Å². The highest BCUT2D eigenvalue weighted by atomic mass is 16.2. The molecule has 122 valence electrons. The quantitative estimate of drug-likeness (QED) is 0.948. The van der Waals surface area contributed by atoms with Crippen molar-refractivity contribution in [2.24, 2.45) is 5.92 Å². The number of benzene rings is 1. The predicted molar refractivity (Wildman–Crippen MR) is 93.8 cm³/mol. The molecule has 1 saturated heterocycles. The molecule has 1 atom stereocenters. The molecule has 1 fully saturated rings. The topological polar surface area (TPSA) is 45.2 Å². The summed E-state index contributed by atoms with van der Waals surface area (Å²) < 4.78 is 0. The van der Waals surface area contributed by atoms with E-state index in [0.29, 0.717) is 5.92 Å². The fourth-order valence-corrected chi connectivity index (χ4v) is 3.47. The zero-order valence-electron chi connectivity index (χ0n) is 14.2. The van der Waals surface area contributed by atoms with Crippen LogP contribution in [0.25, 0.3) is 10.9 Å². The molecule has 1 N–H and O–H groups in total. The lowest BCUT2D eigenvalue weighted by Gasteiger charge is -2.33. The third-order valence-corrected chi connectivity index (χ3v) is 4.69. The minimum atomic E-state index is 0.123. The van der Waals surface area contributed by atoms with Gasteiger partial charge in [-0.1, -0.05) is 12.1 Å². The normalized spacial score (nSPS) is 18.4. The van der Waals surface area contributed by atoms with Gasteiger partial charge in [0.2, 0.25) is 0 Å². The second-order valence-electron chi connectivity index (χ2n) is 6.63. The number of likely N-dealkylation sites (tertiary alicyclic amines) is 1. The molecule has 1 unspecified atom stereocenters. The van der Waals surface area contributed by atoms with Crippen molar-refractivity contribution in [2.45, 2.75) is 26.7 Å². The maximum atomic E-state index is 12.9. The summed E-state index contributed by atoms with van der Waals surface area (Å²) in [6, 6.07) is 8.19. The molecule has 1 aliphatic rings. The van der Waals surface area contributed by atoms with Crippen molar-refractivity contribution in [1.29, 1.82) is 0 Å². The van der Waals surface area contributed by atoms with Crippen LogP contribution in [0.1, 0.15) is 34.5 Å². The lowest BCUT2D eigenvalue weighted by molar-refractivity contribution is 0.0673. The van der Waals surface area contributed by atoms with Crippen LogP contribution in [0.4, 0.5) is 0 Å². The number of nitrogens with zero attached hydrogens (tertiary/aromatic N) is 2. The van der Waals surface area contributed by atoms with E-state index in [-0.39, 0.29) is 5.91 Å². The molecule has 2 heterocycles. The fourth-order valence-electron chi connectivity index (χ4n) is 3.47. The van der Waals surface area contributed by atoms with Crippen molar-refractivity contribution < 1.29 is 4.79 Å². The van der Waals surface area contributed by atoms with Crippen LogP contribution in [-0.4, -0.2) is 42.5 Å². The number of hydrogen-bond acceptors (Lipinski definition) is 3. The van der Waals surface area contributed by atoms with E-state index in [0.717, 1.165) is 48.2 Å². The lowest BCUT2D eigenvalue weighted by Crippen LogP contribution is -2.42. The number of carbonyl (C=O) groups excluding carboxylic acids is 1. The Hall–Kier alpha value is -1.94. The minimum absolute atomic E-state index is 0.123. The van der Waals surface area contributed by atoms with Gasteiger partial charge in [-0.05, 0) is 63.9 Å². The van der Waals surface area contributed by atoms with Gasteiger partial charge in [-0.2, -0.15) is 0 Å². The van der Waals surface area contributed by atoms with Gasteiger partial charge in [0.05, 0.1) is 16.8 Å². The van der Waals surface area contributed by atoms with Crippen molar-refractivity contribution in [1.82, 2.24) is 15.2 Å². The lowest BCUT2D eigenvalue weighted by atomic mass is 9.97. The van der Waals surface area contributed by atoms with Crippen molar-refractivity contribution in [3.8, 4) is 0 Å². The van der Waals surface area contributed by atoms with Gasteiger partial charge in [0.1, 0.15) is 0 Å². The first-order chi connectivity index (χ1) is 11.1. The Bertz CT molecular complexity index is 724. The van der Waals surface area contributed by atoms with E-state index in [9.17, 15) is 4.79 Å². The summed E-state index contributed by atoms with van der Waals surface area (Å²) in [5.74, 6) is 0.673. The number of nitrogens with one attached hydrogen (secondary N) is 1. The number of rotatable bonds is 3. The molecule has 0 spiro atoms. The molecule has 23 heavy (non-hydrogen) atoms. The standard InChI is InChI=1S/C19H25N3O/c1-13-6-7-16-10-17(14(2)21-18(16)9-13)19(23)22-8-4-5-15(12-22)11-20-3/h6-7,9-10,15,20H,4-5,8,11-12H2,1-3H3. The summed E-state index contributed by atoms with van der Waals surface area (Å²) in [7, 11) is 1.97. The molecule has 1 aromatic carbocycles. The van der Waals surface area contributed by atoms with Crippen molar-refractivity contribution in [3.05, 3.63) is 41.1 Å². The predicted octanol–water partition coefficient (Wildman–Crippen LogP) is 2.92. The zero-order valence-corrected chi connectivity index (χ0v) is 14.2. The van der Waals surface area contributed by atoms with Gasteiger partial charge in [-0.15, -0.1) is 0 Å². The van der Waals surface area contributed by atoms with Crippen LogP contribution < -0.4 is 5.32 Å². The Balaban J connectivity index is 1.88. The molecule has 4 heteroatoms. The molecule has 3 rings (SSSR count). The molecular weight excluding hydrogens is 286 g/mol. The van der Waals surface area contributed by atoms with Crippen LogP contribution in [0.3, 0.4) is 0 Å². The molecular formula is C19H25N3O. The van der Waals surface area contributed by atoms with E-state index >= 15 is 0 Å². The average Bonchev–Trinajstić information content (AvgIpc) is 2.54. The van der Waals surface area contributed by atoms with E-state index < -0.39 is 0 Å². The van der Waals surface area contributed by atoms with Crippen LogP contribution in [0, 0.1) is 19.8 Å². The molecule has 4 nitrogen and oxygen atoms in total. The van der Waals surface area contributed by atoms with E-state index in [1.165, 1.54) is 12.0 Å². The summed E-state index contributed by atoms with van der Waals surface area (Å²) in [6.07, 6.45) is 2.27. The summed E-state index contributed by atoms with van der Waals surface area (Å²) in [4.78, 5) is 19.6. The Labute approximate surface area is 137 Å². The summed E-state index contributed by atoms with van der Waals surface area (Å²) >= 11 is 0. The number of piperidine rings is 1. The number of hydrogen-bond donors (Lipinski definition) is 1. The fraction of sp³-hybridized carbons (Fsp3) is 0.474. The van der Waals surface area contributed by atoms with Crippen LogP contribution in [0.2, 0.25) is 0 Å². The number of aryl methyl sites for hydroxylation is 2. The molecule has 1 amide bonds. The highest BCUT2D eigenvalue weighted by Gasteiger charge is 2.25. The van der Waals surface area contributed by atoms with E-state index in [2.05, 4.69) is 29.4 Å². The van der Waals surface area contributed by atoms with Gasteiger partial charge in [0.15, 0.2) is 0 Å². The van der Waals surface area contributed by atoms with Gasteiger partial charge in [-0.3, -0.25) is 9.78 Å². The monoisotopic (exact) mass is 311 g/mol. The Morgan fingerprint density at radius 3 is 2.96 bits per heavy atom. The van der Waals surface area contributed by atoms with Crippen molar-refractivity contribution in [3.63, 3.8) is 0 Å². The molecule has 1 aliphatic heterocycles. The molecule has 2 aromatic rings. The highest BCUT2D eigenvalue weighted by molar-refractivity contribution is 5.98. The summed E-state index contributed by atoms with van der Waals surface area (Å²) in [6.45, 7) is 6.66. The minimum Gasteiger partial charge on any atom is -0.338 e. The second kappa shape index (κ2) is 6.67. The molecule has 0 bridgehead atoms. The number of aromatic nitrogens is 1. The van der Waals surface area contributed by atoms with E-state index in [4.69, 9.17) is 0 Å². The van der Waals surface area contributed by atoms with Gasteiger partial charge >= 0.3 is 0 Å². The highest BCUT2D eigenvalue weighted by Crippen LogP contribution is 2.22. The Morgan fingerprint density at radius 2 is 2.17 bits per heavy atom. The first-order valence-electron chi connectivity index (χ1n) is 8.40. The SMILES string of the molecule is CNCC1CCCN(C(=O)c2cc3ccc(C)cc3nc2C)C1. The maximum Gasteiger partial charge on any atom is 0.255 e. The van der Waals surface area contributed by atoms with Crippen LogP contribution >= 0.6 is 0 Å². The Kier molecular flexibility index (Phi) is 4.62. The molecule has 0 radical (unpaired) electrons. The number of fused-ring (bicyclic) bond motifs is 1. The smallest absolute Gasteiger partial charge is 0.255 e.